The van der Waals surface area contributed by atoms with Crippen LogP contribution in [0, 0.1) is 7.14 Å². The summed E-state index contributed by atoms with van der Waals surface area (Å²) in [5, 5.41) is 0. The molecule has 0 radical (unpaired) electrons. The van der Waals surface area contributed by atoms with E-state index < -0.39 is 6.36 Å². The van der Waals surface area contributed by atoms with Crippen LogP contribution in [0.25, 0.3) is 0 Å². The Morgan fingerprint density at radius 2 is 1.61 bits per heavy atom. The largest absolute Gasteiger partial charge is 0.573 e. The topological polar surface area (TPSA) is 27.7 Å². The van der Waals surface area contributed by atoms with Gasteiger partial charge < -0.3 is 14.2 Å². The molecule has 0 fully saturated rings. The molecule has 23 heavy (non-hydrogen) atoms. The molecule has 0 amide bonds. The van der Waals surface area contributed by atoms with Gasteiger partial charge in [0.2, 0.25) is 0 Å². The van der Waals surface area contributed by atoms with E-state index in [1.54, 1.807) is 25.3 Å². The van der Waals surface area contributed by atoms with Crippen LogP contribution >= 0.6 is 45.2 Å². The summed E-state index contributed by atoms with van der Waals surface area (Å²) in [6.45, 7) is 0.122. The zero-order chi connectivity index (χ0) is 17.0. The summed E-state index contributed by atoms with van der Waals surface area (Å²) in [5.74, 6) is 0.976. The lowest BCUT2D eigenvalue weighted by Gasteiger charge is -2.13. The SMILES string of the molecule is COc1ccc(I)c(OCc2cc(OC(F)(F)F)ccc2I)c1. The van der Waals surface area contributed by atoms with E-state index in [2.05, 4.69) is 27.3 Å². The Bertz CT molecular complexity index is 690. The second kappa shape index (κ2) is 7.77. The van der Waals surface area contributed by atoms with Crippen LogP contribution in [0.3, 0.4) is 0 Å². The Kier molecular flexibility index (Phi) is 6.23. The highest BCUT2D eigenvalue weighted by Crippen LogP contribution is 2.29. The maximum absolute atomic E-state index is 12.3. The predicted octanol–water partition coefficient (Wildman–Crippen LogP) is 5.38. The van der Waals surface area contributed by atoms with Gasteiger partial charge >= 0.3 is 6.36 Å². The van der Waals surface area contributed by atoms with Gasteiger partial charge in [0.05, 0.1) is 10.7 Å². The third-order valence-corrected chi connectivity index (χ3v) is 4.72. The number of ether oxygens (including phenoxy) is 3. The lowest BCUT2D eigenvalue weighted by atomic mass is 10.2. The Morgan fingerprint density at radius 1 is 0.957 bits per heavy atom. The molecule has 0 aliphatic rings. The lowest BCUT2D eigenvalue weighted by molar-refractivity contribution is -0.274. The molecule has 124 valence electrons. The van der Waals surface area contributed by atoms with Crippen molar-refractivity contribution in [2.45, 2.75) is 13.0 Å². The Labute approximate surface area is 158 Å². The minimum absolute atomic E-state index is 0.122. The smallest absolute Gasteiger partial charge is 0.497 e. The van der Waals surface area contributed by atoms with Gasteiger partial charge in [0, 0.05) is 15.2 Å². The minimum atomic E-state index is -4.72. The summed E-state index contributed by atoms with van der Waals surface area (Å²) in [6, 6.07) is 9.51. The fourth-order valence-corrected chi connectivity index (χ4v) is 2.72. The number of hydrogen-bond donors (Lipinski definition) is 0. The van der Waals surface area contributed by atoms with Crippen molar-refractivity contribution in [1.29, 1.82) is 0 Å². The predicted molar refractivity (Wildman–Crippen MR) is 95.9 cm³/mol. The molecule has 0 aliphatic carbocycles. The van der Waals surface area contributed by atoms with Crippen LogP contribution < -0.4 is 14.2 Å². The van der Waals surface area contributed by atoms with E-state index in [1.807, 2.05) is 28.7 Å². The van der Waals surface area contributed by atoms with Crippen molar-refractivity contribution < 1.29 is 27.4 Å². The van der Waals surface area contributed by atoms with Crippen LogP contribution in [0.1, 0.15) is 5.56 Å². The summed E-state index contributed by atoms with van der Waals surface area (Å²) in [7, 11) is 1.55. The summed E-state index contributed by atoms with van der Waals surface area (Å²) in [4.78, 5) is 0. The second-order valence-electron chi connectivity index (χ2n) is 4.39. The third-order valence-electron chi connectivity index (χ3n) is 2.77. The minimum Gasteiger partial charge on any atom is -0.497 e. The van der Waals surface area contributed by atoms with Crippen LogP contribution in [-0.2, 0) is 6.61 Å². The van der Waals surface area contributed by atoms with Crippen molar-refractivity contribution in [2.24, 2.45) is 0 Å². The standard InChI is InChI=1S/C15H11F3I2O3/c1-21-10-2-5-13(20)14(7-10)22-8-9-6-11(3-4-12(9)19)23-15(16,17)18/h2-7H,8H2,1H3. The normalized spacial score (nSPS) is 11.2. The van der Waals surface area contributed by atoms with Crippen LogP contribution in [0.15, 0.2) is 36.4 Å². The monoisotopic (exact) mass is 550 g/mol. The molecule has 8 heteroatoms. The highest BCUT2D eigenvalue weighted by molar-refractivity contribution is 14.1. The van der Waals surface area contributed by atoms with E-state index in [0.717, 1.165) is 7.14 Å². The highest BCUT2D eigenvalue weighted by Gasteiger charge is 2.31. The van der Waals surface area contributed by atoms with Crippen molar-refractivity contribution in [2.75, 3.05) is 7.11 Å². The van der Waals surface area contributed by atoms with Crippen molar-refractivity contribution in [3.63, 3.8) is 0 Å². The fraction of sp³-hybridized carbons (Fsp3) is 0.200. The molecule has 0 saturated heterocycles. The number of benzene rings is 2. The van der Waals surface area contributed by atoms with Crippen molar-refractivity contribution in [3.8, 4) is 17.2 Å². The summed E-state index contributed by atoms with van der Waals surface area (Å²) in [5.41, 5.74) is 0.603. The van der Waals surface area contributed by atoms with Gasteiger partial charge in [-0.3, -0.25) is 0 Å². The second-order valence-corrected chi connectivity index (χ2v) is 6.71. The van der Waals surface area contributed by atoms with Gasteiger partial charge in [-0.1, -0.05) is 0 Å². The Balaban J connectivity index is 2.15. The van der Waals surface area contributed by atoms with Gasteiger partial charge in [-0.15, -0.1) is 13.2 Å². The number of hydrogen-bond acceptors (Lipinski definition) is 3. The first-order chi connectivity index (χ1) is 10.8. The summed E-state index contributed by atoms with van der Waals surface area (Å²) >= 11 is 4.15. The molecular formula is C15H11F3I2O3. The zero-order valence-corrected chi connectivity index (χ0v) is 16.1. The van der Waals surface area contributed by atoms with Crippen LogP contribution in [0.5, 0.6) is 17.2 Å². The molecule has 0 bridgehead atoms. The molecule has 2 aromatic carbocycles. The molecule has 0 unspecified atom stereocenters. The number of rotatable bonds is 5. The first kappa shape index (κ1) is 18.4. The van der Waals surface area contributed by atoms with Crippen molar-refractivity contribution >= 4 is 45.2 Å². The zero-order valence-electron chi connectivity index (χ0n) is 11.8. The van der Waals surface area contributed by atoms with Gasteiger partial charge in [0.15, 0.2) is 0 Å². The molecule has 0 spiro atoms. The maximum atomic E-state index is 12.3. The van der Waals surface area contributed by atoms with Gasteiger partial charge in [-0.05, 0) is 75.5 Å². The fourth-order valence-electron chi connectivity index (χ4n) is 1.74. The van der Waals surface area contributed by atoms with Crippen LogP contribution in [-0.4, -0.2) is 13.5 Å². The van der Waals surface area contributed by atoms with Crippen molar-refractivity contribution in [1.82, 2.24) is 0 Å². The van der Waals surface area contributed by atoms with Gasteiger partial charge in [0.1, 0.15) is 23.9 Å². The Hall–Kier alpha value is -0.910. The van der Waals surface area contributed by atoms with E-state index >= 15 is 0 Å². The molecule has 0 heterocycles. The molecule has 0 aromatic heterocycles. The molecule has 0 aliphatic heterocycles. The van der Waals surface area contributed by atoms with E-state index in [1.165, 1.54) is 12.1 Å². The van der Waals surface area contributed by atoms with Gasteiger partial charge in [0.25, 0.3) is 0 Å². The van der Waals surface area contributed by atoms with E-state index in [4.69, 9.17) is 9.47 Å². The first-order valence-corrected chi connectivity index (χ1v) is 8.45. The van der Waals surface area contributed by atoms with Crippen LogP contribution in [0.2, 0.25) is 0 Å². The first-order valence-electron chi connectivity index (χ1n) is 6.29. The summed E-state index contributed by atoms with van der Waals surface area (Å²) < 4.78 is 53.3. The lowest BCUT2D eigenvalue weighted by Crippen LogP contribution is -2.17. The van der Waals surface area contributed by atoms with Crippen molar-refractivity contribution in [3.05, 3.63) is 49.1 Å². The third kappa shape index (κ3) is 5.59. The molecule has 0 saturated carbocycles. The highest BCUT2D eigenvalue weighted by atomic mass is 127. The van der Waals surface area contributed by atoms with Crippen LogP contribution in [0.4, 0.5) is 13.2 Å². The molecular weight excluding hydrogens is 539 g/mol. The van der Waals surface area contributed by atoms with E-state index in [0.29, 0.717) is 17.1 Å². The quantitative estimate of drug-likeness (QED) is 0.469. The van der Waals surface area contributed by atoms with E-state index in [-0.39, 0.29) is 12.4 Å². The molecule has 0 N–H and O–H groups in total. The van der Waals surface area contributed by atoms with Gasteiger partial charge in [-0.25, -0.2) is 0 Å². The average molecular weight is 550 g/mol. The maximum Gasteiger partial charge on any atom is 0.573 e. The number of methoxy groups -OCH3 is 1. The molecule has 0 atom stereocenters. The average Bonchev–Trinajstić information content (AvgIpc) is 2.47. The number of alkyl halides is 3. The Morgan fingerprint density at radius 3 is 2.26 bits per heavy atom. The molecule has 2 rings (SSSR count). The molecule has 3 nitrogen and oxygen atoms in total. The molecule has 2 aromatic rings. The van der Waals surface area contributed by atoms with Gasteiger partial charge in [-0.2, -0.15) is 0 Å². The summed E-state index contributed by atoms with van der Waals surface area (Å²) in [6.07, 6.45) is -4.72. The number of halogens is 5. The van der Waals surface area contributed by atoms with E-state index in [9.17, 15) is 13.2 Å².